The second-order valence-electron chi connectivity index (χ2n) is 4.76. The number of aromatic nitrogens is 1. The van der Waals surface area contributed by atoms with Crippen molar-refractivity contribution in [3.63, 3.8) is 0 Å². The zero-order valence-electron chi connectivity index (χ0n) is 12.2. The molecular formula is C16H19N3OS. The second kappa shape index (κ2) is 7.71. The summed E-state index contributed by atoms with van der Waals surface area (Å²) in [5, 5.41) is 5.29. The Labute approximate surface area is 129 Å². The molecule has 1 N–H and O–H groups in total. The number of nitrogens with zero attached hydrogens (tertiary/aromatic N) is 2. The van der Waals surface area contributed by atoms with Crippen LogP contribution in [-0.4, -0.2) is 35.4 Å². The molecule has 110 valence electrons. The van der Waals surface area contributed by atoms with Crippen molar-refractivity contribution in [2.45, 2.75) is 13.0 Å². The fraction of sp³-hybridized carbons (Fsp3) is 0.250. The van der Waals surface area contributed by atoms with E-state index in [4.69, 9.17) is 0 Å². The Morgan fingerprint density at radius 3 is 2.86 bits per heavy atom. The van der Waals surface area contributed by atoms with Gasteiger partial charge in [0.15, 0.2) is 5.13 Å². The van der Waals surface area contributed by atoms with Crippen molar-refractivity contribution >= 4 is 28.5 Å². The van der Waals surface area contributed by atoms with E-state index in [1.807, 2.05) is 42.5 Å². The van der Waals surface area contributed by atoms with Crippen molar-refractivity contribution in [2.24, 2.45) is 0 Å². The van der Waals surface area contributed by atoms with E-state index < -0.39 is 0 Å². The number of carbonyl (C=O) groups is 1. The quantitative estimate of drug-likeness (QED) is 0.891. The molecule has 1 atom stereocenters. The fourth-order valence-corrected chi connectivity index (χ4v) is 2.30. The van der Waals surface area contributed by atoms with Crippen LogP contribution in [0.5, 0.6) is 0 Å². The lowest BCUT2D eigenvalue weighted by atomic mass is 10.2. The predicted molar refractivity (Wildman–Crippen MR) is 88.3 cm³/mol. The highest BCUT2D eigenvalue weighted by Gasteiger charge is 2.17. The standard InChI is InChI=1S/C16H19N3OS/c1-13(15(20)18-16-17-10-12-21-16)19(2)11-6-9-14-7-4-3-5-8-14/h3-10,12-13H,11H2,1-2H3,(H,17,18,20)/b9-6+/t13-/m0/s1. The molecule has 0 saturated heterocycles. The molecule has 1 aromatic carbocycles. The maximum absolute atomic E-state index is 12.1. The van der Waals surface area contributed by atoms with Crippen molar-refractivity contribution in [3.05, 3.63) is 53.5 Å². The Morgan fingerprint density at radius 2 is 2.19 bits per heavy atom. The van der Waals surface area contributed by atoms with Crippen LogP contribution in [-0.2, 0) is 4.79 Å². The van der Waals surface area contributed by atoms with Crippen LogP contribution in [0.25, 0.3) is 6.08 Å². The molecule has 0 spiro atoms. The molecule has 1 aromatic heterocycles. The number of likely N-dealkylation sites (N-methyl/N-ethyl adjacent to an activating group) is 1. The minimum Gasteiger partial charge on any atom is -0.301 e. The van der Waals surface area contributed by atoms with Gasteiger partial charge in [0.2, 0.25) is 5.91 Å². The molecule has 0 aliphatic rings. The van der Waals surface area contributed by atoms with Gasteiger partial charge in [0.25, 0.3) is 0 Å². The number of hydrogen-bond acceptors (Lipinski definition) is 4. The lowest BCUT2D eigenvalue weighted by Crippen LogP contribution is -2.39. The average Bonchev–Trinajstić information content (AvgIpc) is 3.00. The van der Waals surface area contributed by atoms with Gasteiger partial charge in [-0.15, -0.1) is 11.3 Å². The smallest absolute Gasteiger partial charge is 0.243 e. The number of benzene rings is 1. The summed E-state index contributed by atoms with van der Waals surface area (Å²) in [6.07, 6.45) is 5.79. The minimum atomic E-state index is -0.214. The van der Waals surface area contributed by atoms with Gasteiger partial charge in [-0.2, -0.15) is 0 Å². The Kier molecular flexibility index (Phi) is 5.66. The summed E-state index contributed by atoms with van der Waals surface area (Å²) >= 11 is 1.42. The van der Waals surface area contributed by atoms with E-state index in [0.717, 1.165) is 5.56 Å². The topological polar surface area (TPSA) is 45.2 Å². The van der Waals surface area contributed by atoms with Crippen LogP contribution in [0.2, 0.25) is 0 Å². The fourth-order valence-electron chi connectivity index (χ4n) is 1.77. The third-order valence-electron chi connectivity index (χ3n) is 3.21. The average molecular weight is 301 g/mol. The highest BCUT2D eigenvalue weighted by molar-refractivity contribution is 7.13. The molecule has 1 amide bonds. The molecule has 0 aliphatic carbocycles. The zero-order chi connectivity index (χ0) is 15.1. The van der Waals surface area contributed by atoms with Gasteiger partial charge in [-0.25, -0.2) is 4.98 Å². The molecule has 2 aromatic rings. The number of anilines is 1. The summed E-state index contributed by atoms with van der Waals surface area (Å²) in [6, 6.07) is 9.90. The van der Waals surface area contributed by atoms with Gasteiger partial charge in [-0.3, -0.25) is 9.69 Å². The van der Waals surface area contributed by atoms with Crippen LogP contribution >= 0.6 is 11.3 Å². The molecule has 0 fully saturated rings. The lowest BCUT2D eigenvalue weighted by Gasteiger charge is -2.21. The number of nitrogens with one attached hydrogen (secondary N) is 1. The SMILES string of the molecule is C[C@@H](C(=O)Nc1nccs1)N(C)C/C=C/c1ccccc1. The van der Waals surface area contributed by atoms with Crippen molar-refractivity contribution < 1.29 is 4.79 Å². The number of carbonyl (C=O) groups excluding carboxylic acids is 1. The monoisotopic (exact) mass is 301 g/mol. The van der Waals surface area contributed by atoms with Crippen molar-refractivity contribution in [2.75, 3.05) is 18.9 Å². The molecular weight excluding hydrogens is 282 g/mol. The van der Waals surface area contributed by atoms with Crippen LogP contribution in [0.1, 0.15) is 12.5 Å². The van der Waals surface area contributed by atoms with Crippen LogP contribution in [0.3, 0.4) is 0 Å². The highest BCUT2D eigenvalue weighted by atomic mass is 32.1. The van der Waals surface area contributed by atoms with E-state index >= 15 is 0 Å². The molecule has 4 nitrogen and oxygen atoms in total. The van der Waals surface area contributed by atoms with Crippen molar-refractivity contribution in [1.29, 1.82) is 0 Å². The molecule has 0 bridgehead atoms. The molecule has 5 heteroatoms. The molecule has 2 rings (SSSR count). The van der Waals surface area contributed by atoms with E-state index in [-0.39, 0.29) is 11.9 Å². The molecule has 0 radical (unpaired) electrons. The number of amides is 1. The van der Waals surface area contributed by atoms with Crippen LogP contribution in [0.15, 0.2) is 48.0 Å². The summed E-state index contributed by atoms with van der Waals surface area (Å²) in [5.74, 6) is -0.0411. The van der Waals surface area contributed by atoms with Crippen LogP contribution in [0, 0.1) is 0 Å². The summed E-state index contributed by atoms with van der Waals surface area (Å²) in [5.41, 5.74) is 1.16. The van der Waals surface area contributed by atoms with E-state index in [1.54, 1.807) is 6.20 Å². The summed E-state index contributed by atoms with van der Waals surface area (Å²) in [4.78, 5) is 18.1. The Balaban J connectivity index is 1.83. The number of rotatable bonds is 6. The molecule has 0 saturated carbocycles. The van der Waals surface area contributed by atoms with Gasteiger partial charge in [-0.1, -0.05) is 42.5 Å². The largest absolute Gasteiger partial charge is 0.301 e. The van der Waals surface area contributed by atoms with Crippen molar-refractivity contribution in [1.82, 2.24) is 9.88 Å². The van der Waals surface area contributed by atoms with E-state index in [2.05, 4.69) is 34.6 Å². The Hall–Kier alpha value is -1.98. The van der Waals surface area contributed by atoms with Gasteiger partial charge in [0.1, 0.15) is 0 Å². The van der Waals surface area contributed by atoms with Gasteiger partial charge >= 0.3 is 0 Å². The van der Waals surface area contributed by atoms with Crippen LogP contribution in [0.4, 0.5) is 5.13 Å². The summed E-state index contributed by atoms with van der Waals surface area (Å²) in [6.45, 7) is 2.60. The summed E-state index contributed by atoms with van der Waals surface area (Å²) in [7, 11) is 1.93. The maximum Gasteiger partial charge on any atom is 0.243 e. The summed E-state index contributed by atoms with van der Waals surface area (Å²) < 4.78 is 0. The number of thiazole rings is 1. The Morgan fingerprint density at radius 1 is 1.43 bits per heavy atom. The third-order valence-corrected chi connectivity index (χ3v) is 3.89. The zero-order valence-corrected chi connectivity index (χ0v) is 13.0. The van der Waals surface area contributed by atoms with Gasteiger partial charge in [-0.05, 0) is 19.5 Å². The van der Waals surface area contributed by atoms with Gasteiger partial charge < -0.3 is 5.32 Å². The van der Waals surface area contributed by atoms with Gasteiger partial charge in [0, 0.05) is 18.1 Å². The normalized spacial score (nSPS) is 12.7. The Bertz CT molecular complexity index is 581. The van der Waals surface area contributed by atoms with Crippen LogP contribution < -0.4 is 5.32 Å². The third kappa shape index (κ3) is 4.81. The predicted octanol–water partition coefficient (Wildman–Crippen LogP) is 3.12. The minimum absolute atomic E-state index is 0.0411. The second-order valence-corrected chi connectivity index (χ2v) is 5.65. The first-order valence-corrected chi connectivity index (χ1v) is 7.67. The number of hydrogen-bond donors (Lipinski definition) is 1. The molecule has 0 unspecified atom stereocenters. The van der Waals surface area contributed by atoms with E-state index in [1.165, 1.54) is 11.3 Å². The first kappa shape index (κ1) is 15.4. The molecule has 1 heterocycles. The van der Waals surface area contributed by atoms with Gasteiger partial charge in [0.05, 0.1) is 6.04 Å². The highest BCUT2D eigenvalue weighted by Crippen LogP contribution is 2.11. The molecule has 0 aliphatic heterocycles. The first-order chi connectivity index (χ1) is 10.2. The molecule has 21 heavy (non-hydrogen) atoms. The van der Waals surface area contributed by atoms with E-state index in [9.17, 15) is 4.79 Å². The maximum atomic E-state index is 12.1. The van der Waals surface area contributed by atoms with Crippen molar-refractivity contribution in [3.8, 4) is 0 Å². The van der Waals surface area contributed by atoms with E-state index in [0.29, 0.717) is 11.7 Å². The first-order valence-electron chi connectivity index (χ1n) is 6.79. The lowest BCUT2D eigenvalue weighted by molar-refractivity contribution is -0.120.